The van der Waals surface area contributed by atoms with E-state index in [0.717, 1.165) is 105 Å². The van der Waals surface area contributed by atoms with Gasteiger partial charge in [0, 0.05) is 62.8 Å². The maximum atomic E-state index is 10.6. The minimum Gasteiger partial charge on any atom is -0.490 e. The monoisotopic (exact) mass is 489 g/mol. The molecule has 0 aliphatic carbocycles. The fraction of sp³-hybridized carbons (Fsp3) is 0.448. The summed E-state index contributed by atoms with van der Waals surface area (Å²) in [6.45, 7) is 7.75. The Balaban J connectivity index is 1.26. The molecule has 0 unspecified atom stereocenters. The smallest absolute Gasteiger partial charge is 0.153 e. The number of aldehydes is 1. The highest BCUT2D eigenvalue weighted by Crippen LogP contribution is 2.36. The van der Waals surface area contributed by atoms with Gasteiger partial charge in [0.1, 0.15) is 30.3 Å². The molecule has 2 aliphatic rings. The molecule has 2 aromatic carbocycles. The van der Waals surface area contributed by atoms with Gasteiger partial charge in [-0.05, 0) is 42.7 Å². The summed E-state index contributed by atoms with van der Waals surface area (Å²) in [7, 11) is 0. The van der Waals surface area contributed by atoms with Gasteiger partial charge < -0.3 is 23.9 Å². The molecule has 0 spiro atoms. The largest absolute Gasteiger partial charge is 0.490 e. The summed E-state index contributed by atoms with van der Waals surface area (Å²) in [5.74, 6) is 1.72. The molecule has 2 saturated heterocycles. The van der Waals surface area contributed by atoms with E-state index in [1.54, 1.807) is 0 Å². The maximum absolute atomic E-state index is 10.6. The number of ether oxygens (including phenoxy) is 3. The van der Waals surface area contributed by atoms with Crippen molar-refractivity contribution < 1.29 is 19.0 Å². The number of carbonyl (C=O) groups is 1. The molecule has 2 fully saturated rings. The summed E-state index contributed by atoms with van der Waals surface area (Å²) in [6.07, 6.45) is 5.61. The zero-order valence-corrected chi connectivity index (χ0v) is 20.8. The van der Waals surface area contributed by atoms with Crippen LogP contribution in [0.5, 0.6) is 11.5 Å². The van der Waals surface area contributed by atoms with Gasteiger partial charge in [-0.2, -0.15) is 0 Å². The van der Waals surface area contributed by atoms with Crippen molar-refractivity contribution in [1.82, 2.24) is 14.8 Å². The number of fused-ring (bicyclic) bond motifs is 1. The average Bonchev–Trinajstić information content (AvgIpc) is 2.94. The van der Waals surface area contributed by atoms with Crippen molar-refractivity contribution in [3.05, 3.63) is 54.7 Å². The Morgan fingerprint density at radius 2 is 1.72 bits per heavy atom. The first kappa shape index (κ1) is 24.7. The molecule has 3 aromatic rings. The van der Waals surface area contributed by atoms with Gasteiger partial charge >= 0.3 is 0 Å². The Hall–Kier alpha value is -3.00. The van der Waals surface area contributed by atoms with Crippen molar-refractivity contribution in [2.24, 2.45) is 0 Å². The first-order valence-corrected chi connectivity index (χ1v) is 13.0. The van der Waals surface area contributed by atoms with Gasteiger partial charge in [-0.25, -0.2) is 0 Å². The van der Waals surface area contributed by atoms with E-state index in [1.807, 2.05) is 24.4 Å². The van der Waals surface area contributed by atoms with Gasteiger partial charge in [0.25, 0.3) is 0 Å². The predicted molar refractivity (Wildman–Crippen MR) is 141 cm³/mol. The molecule has 1 aromatic heterocycles. The number of pyridine rings is 1. The highest BCUT2D eigenvalue weighted by Gasteiger charge is 2.20. The van der Waals surface area contributed by atoms with Crippen LogP contribution in [0.25, 0.3) is 22.0 Å². The summed E-state index contributed by atoms with van der Waals surface area (Å²) in [5, 5.41) is 1.07. The molecule has 0 saturated carbocycles. The van der Waals surface area contributed by atoms with E-state index in [4.69, 9.17) is 14.2 Å². The van der Waals surface area contributed by atoms with Crippen LogP contribution in [0.4, 0.5) is 0 Å². The Bertz CT molecular complexity index is 1120. The molecular formula is C29H35N3O4. The van der Waals surface area contributed by atoms with Crippen molar-refractivity contribution in [1.29, 1.82) is 0 Å². The third-order valence-corrected chi connectivity index (χ3v) is 7.05. The maximum Gasteiger partial charge on any atom is 0.153 e. The van der Waals surface area contributed by atoms with Gasteiger partial charge in [0.2, 0.25) is 0 Å². The molecule has 0 bridgehead atoms. The number of likely N-dealkylation sites (tertiary alicyclic amines) is 1. The lowest BCUT2D eigenvalue weighted by Gasteiger charge is -2.31. The first-order chi connectivity index (χ1) is 17.8. The fourth-order valence-electron chi connectivity index (χ4n) is 4.98. The van der Waals surface area contributed by atoms with Crippen LogP contribution in [0.1, 0.15) is 19.3 Å². The number of rotatable bonds is 10. The van der Waals surface area contributed by atoms with E-state index in [2.05, 4.69) is 45.1 Å². The van der Waals surface area contributed by atoms with Crippen molar-refractivity contribution >= 4 is 17.2 Å². The van der Waals surface area contributed by atoms with Crippen molar-refractivity contribution in [3.8, 4) is 22.6 Å². The Morgan fingerprint density at radius 3 is 2.50 bits per heavy atom. The number of benzene rings is 2. The van der Waals surface area contributed by atoms with E-state index in [0.29, 0.717) is 13.0 Å². The van der Waals surface area contributed by atoms with Gasteiger partial charge in [0.15, 0.2) is 5.75 Å². The Morgan fingerprint density at radius 1 is 0.944 bits per heavy atom. The third kappa shape index (κ3) is 6.22. The van der Waals surface area contributed by atoms with Crippen LogP contribution >= 0.6 is 0 Å². The quantitative estimate of drug-likeness (QED) is 0.398. The second-order valence-electron chi connectivity index (χ2n) is 9.46. The molecule has 36 heavy (non-hydrogen) atoms. The van der Waals surface area contributed by atoms with Gasteiger partial charge in [-0.1, -0.05) is 24.3 Å². The van der Waals surface area contributed by atoms with Gasteiger partial charge in [-0.3, -0.25) is 9.88 Å². The number of carbonyl (C=O) groups excluding carboxylic acids is 1. The van der Waals surface area contributed by atoms with E-state index in [1.165, 1.54) is 0 Å². The van der Waals surface area contributed by atoms with Gasteiger partial charge in [0.05, 0.1) is 13.2 Å². The van der Waals surface area contributed by atoms with E-state index < -0.39 is 0 Å². The minimum absolute atomic E-state index is 0.215. The van der Waals surface area contributed by atoms with E-state index in [9.17, 15) is 4.79 Å². The highest BCUT2D eigenvalue weighted by molar-refractivity contribution is 5.92. The summed E-state index contributed by atoms with van der Waals surface area (Å²) in [4.78, 5) is 20.0. The fourth-order valence-corrected chi connectivity index (χ4v) is 4.98. The number of aromatic nitrogens is 1. The van der Waals surface area contributed by atoms with Crippen LogP contribution in [0, 0.1) is 0 Å². The molecule has 0 radical (unpaired) electrons. The van der Waals surface area contributed by atoms with E-state index in [-0.39, 0.29) is 6.10 Å². The lowest BCUT2D eigenvalue weighted by molar-refractivity contribution is -0.108. The molecular weight excluding hydrogens is 454 g/mol. The number of piperidine rings is 1. The molecule has 7 nitrogen and oxygen atoms in total. The molecule has 3 heterocycles. The molecule has 2 aliphatic heterocycles. The minimum atomic E-state index is 0.215. The number of morpholine rings is 1. The molecule has 0 amide bonds. The van der Waals surface area contributed by atoms with Crippen LogP contribution in [0.2, 0.25) is 0 Å². The summed E-state index contributed by atoms with van der Waals surface area (Å²) in [6, 6.07) is 16.6. The average molecular weight is 490 g/mol. The van der Waals surface area contributed by atoms with Crippen LogP contribution in [-0.4, -0.2) is 86.3 Å². The van der Waals surface area contributed by atoms with Crippen molar-refractivity contribution in [2.45, 2.75) is 25.4 Å². The van der Waals surface area contributed by atoms with Crippen LogP contribution in [0.15, 0.2) is 54.7 Å². The normalized spacial score (nSPS) is 17.8. The lowest BCUT2D eigenvalue weighted by Crippen LogP contribution is -2.38. The summed E-state index contributed by atoms with van der Waals surface area (Å²) in [5.41, 5.74) is 3.01. The van der Waals surface area contributed by atoms with Crippen LogP contribution in [-0.2, 0) is 9.53 Å². The SMILES string of the molecule is O=CCCN1CCC(Oc2ccc(-c3ccc4cccnc4c3OCCN3CCOCC3)cc2)CC1. The summed E-state index contributed by atoms with van der Waals surface area (Å²) >= 11 is 0. The highest BCUT2D eigenvalue weighted by atomic mass is 16.5. The second-order valence-corrected chi connectivity index (χ2v) is 9.46. The topological polar surface area (TPSA) is 64.1 Å². The van der Waals surface area contributed by atoms with Crippen LogP contribution in [0.3, 0.4) is 0 Å². The number of hydrogen-bond acceptors (Lipinski definition) is 7. The van der Waals surface area contributed by atoms with Crippen LogP contribution < -0.4 is 9.47 Å². The zero-order valence-electron chi connectivity index (χ0n) is 20.8. The number of hydrogen-bond donors (Lipinski definition) is 0. The predicted octanol–water partition coefficient (Wildman–Crippen LogP) is 4.05. The summed E-state index contributed by atoms with van der Waals surface area (Å²) < 4.78 is 18.1. The molecule has 0 N–H and O–H groups in total. The van der Waals surface area contributed by atoms with Crippen molar-refractivity contribution in [2.75, 3.05) is 59.1 Å². The molecule has 190 valence electrons. The van der Waals surface area contributed by atoms with Crippen molar-refractivity contribution in [3.63, 3.8) is 0 Å². The first-order valence-electron chi connectivity index (χ1n) is 13.0. The third-order valence-electron chi connectivity index (χ3n) is 7.05. The molecule has 0 atom stereocenters. The Labute approximate surface area is 213 Å². The molecule has 5 rings (SSSR count). The second kappa shape index (κ2) is 12.3. The zero-order chi connectivity index (χ0) is 24.6. The standard InChI is InChI=1S/C29H35N3O4/c33-19-2-13-31-14-10-26(11-15-31)36-25-7-4-23(5-8-25)27-9-6-24-3-1-12-30-28(24)29(27)35-22-18-32-16-20-34-21-17-32/h1,3-9,12,19,26H,2,10-11,13-18,20-22H2. The van der Waals surface area contributed by atoms with E-state index >= 15 is 0 Å². The number of nitrogens with zero attached hydrogens (tertiary/aromatic N) is 3. The lowest BCUT2D eigenvalue weighted by atomic mass is 10.0. The molecule has 7 heteroatoms. The van der Waals surface area contributed by atoms with Gasteiger partial charge in [-0.15, -0.1) is 0 Å². The Kier molecular flexibility index (Phi) is 8.43.